The maximum absolute atomic E-state index is 13.3. The molecule has 0 unspecified atom stereocenters. The number of benzene rings is 1. The number of nitrogens with zero attached hydrogens (tertiary/aromatic N) is 2. The smallest absolute Gasteiger partial charge is 0.132 e. The largest absolute Gasteiger partial charge is 0.487 e. The van der Waals surface area contributed by atoms with Gasteiger partial charge in [-0.1, -0.05) is 13.8 Å². The van der Waals surface area contributed by atoms with Crippen LogP contribution in [-0.4, -0.2) is 15.8 Å². The number of hydrogen-bond donors (Lipinski definition) is 1. The number of ether oxygens (including phenoxy) is 1. The predicted octanol–water partition coefficient (Wildman–Crippen LogP) is 2.64. The zero-order valence-electron chi connectivity index (χ0n) is 12.1. The van der Waals surface area contributed by atoms with E-state index in [1.165, 1.54) is 12.1 Å². The van der Waals surface area contributed by atoms with E-state index in [-0.39, 0.29) is 5.82 Å². The second kappa shape index (κ2) is 6.52. The zero-order valence-corrected chi connectivity index (χ0v) is 12.1. The van der Waals surface area contributed by atoms with Gasteiger partial charge in [-0.05, 0) is 24.3 Å². The van der Waals surface area contributed by atoms with Crippen molar-refractivity contribution in [3.63, 3.8) is 0 Å². The Morgan fingerprint density at radius 3 is 2.80 bits per heavy atom. The van der Waals surface area contributed by atoms with Gasteiger partial charge in [0.2, 0.25) is 0 Å². The topological polar surface area (TPSA) is 39.1 Å². The average molecular weight is 277 g/mol. The molecule has 2 aromatic rings. The molecule has 0 aliphatic heterocycles. The molecule has 1 N–H and O–H groups in total. The van der Waals surface area contributed by atoms with E-state index < -0.39 is 0 Å². The van der Waals surface area contributed by atoms with Crippen LogP contribution in [0.3, 0.4) is 0 Å². The van der Waals surface area contributed by atoms with E-state index in [2.05, 4.69) is 10.4 Å². The van der Waals surface area contributed by atoms with Crippen molar-refractivity contribution in [3.05, 3.63) is 47.5 Å². The molecule has 0 fully saturated rings. The van der Waals surface area contributed by atoms with E-state index in [9.17, 15) is 4.39 Å². The molecule has 4 nitrogen and oxygen atoms in total. The van der Waals surface area contributed by atoms with Gasteiger partial charge in [-0.25, -0.2) is 4.39 Å². The molecule has 0 saturated carbocycles. The summed E-state index contributed by atoms with van der Waals surface area (Å²) in [5.74, 6) is 0.431. The van der Waals surface area contributed by atoms with Gasteiger partial charge >= 0.3 is 0 Å². The van der Waals surface area contributed by atoms with Gasteiger partial charge in [0, 0.05) is 31.4 Å². The molecule has 0 aliphatic rings. The number of nitrogens with one attached hydrogen (secondary N) is 1. The Balaban J connectivity index is 2.05. The lowest BCUT2D eigenvalue weighted by molar-refractivity contribution is 0.295. The fourth-order valence-corrected chi connectivity index (χ4v) is 1.83. The standard InChI is InChI=1S/C15H20FN3O/c1-11(2)17-9-12-8-13(16)4-5-15(12)20-10-14-6-7-19(3)18-14/h4-8,11,17H,9-10H2,1-3H3. The third-order valence-electron chi connectivity index (χ3n) is 2.87. The molecule has 0 amide bonds. The van der Waals surface area contributed by atoms with E-state index in [0.717, 1.165) is 11.3 Å². The molecule has 1 aromatic carbocycles. The molecular formula is C15H20FN3O. The molecule has 1 heterocycles. The highest BCUT2D eigenvalue weighted by Crippen LogP contribution is 2.21. The fourth-order valence-electron chi connectivity index (χ4n) is 1.83. The summed E-state index contributed by atoms with van der Waals surface area (Å²) < 4.78 is 20.8. The first-order valence-electron chi connectivity index (χ1n) is 6.67. The Morgan fingerprint density at radius 1 is 1.35 bits per heavy atom. The van der Waals surface area contributed by atoms with Crippen LogP contribution in [0.1, 0.15) is 25.1 Å². The van der Waals surface area contributed by atoms with Crippen LogP contribution in [-0.2, 0) is 20.2 Å². The lowest BCUT2D eigenvalue weighted by Gasteiger charge is -2.13. The molecule has 1 aromatic heterocycles. The van der Waals surface area contributed by atoms with Crippen LogP contribution in [0.25, 0.3) is 0 Å². The molecule has 0 radical (unpaired) electrons. The van der Waals surface area contributed by atoms with E-state index in [0.29, 0.717) is 24.9 Å². The van der Waals surface area contributed by atoms with Gasteiger partial charge in [-0.15, -0.1) is 0 Å². The van der Waals surface area contributed by atoms with Crippen molar-refractivity contribution in [2.45, 2.75) is 33.0 Å². The summed E-state index contributed by atoms with van der Waals surface area (Å²) in [7, 11) is 1.86. The number of aromatic nitrogens is 2. The van der Waals surface area contributed by atoms with Crippen LogP contribution in [0.5, 0.6) is 5.75 Å². The average Bonchev–Trinajstić information content (AvgIpc) is 2.81. The Labute approximate surface area is 118 Å². The summed E-state index contributed by atoms with van der Waals surface area (Å²) >= 11 is 0. The van der Waals surface area contributed by atoms with Crippen molar-refractivity contribution in [2.75, 3.05) is 0 Å². The van der Waals surface area contributed by atoms with Crippen molar-refractivity contribution in [1.29, 1.82) is 0 Å². The van der Waals surface area contributed by atoms with Crippen LogP contribution >= 0.6 is 0 Å². The Bertz CT molecular complexity index is 566. The van der Waals surface area contributed by atoms with Crippen LogP contribution in [0.2, 0.25) is 0 Å². The number of hydrogen-bond acceptors (Lipinski definition) is 3. The van der Waals surface area contributed by atoms with Crippen LogP contribution in [0.15, 0.2) is 30.5 Å². The summed E-state index contributed by atoms with van der Waals surface area (Å²) in [6.07, 6.45) is 1.87. The van der Waals surface area contributed by atoms with Crippen molar-refractivity contribution in [2.24, 2.45) is 7.05 Å². The molecule has 0 atom stereocenters. The monoisotopic (exact) mass is 277 g/mol. The normalized spacial score (nSPS) is 11.1. The van der Waals surface area contributed by atoms with Crippen molar-refractivity contribution in [3.8, 4) is 5.75 Å². The van der Waals surface area contributed by atoms with Gasteiger partial charge in [-0.2, -0.15) is 5.10 Å². The third kappa shape index (κ3) is 4.06. The van der Waals surface area contributed by atoms with Gasteiger partial charge in [0.15, 0.2) is 0 Å². The highest BCUT2D eigenvalue weighted by molar-refractivity contribution is 5.34. The van der Waals surface area contributed by atoms with Crippen LogP contribution in [0.4, 0.5) is 4.39 Å². The first-order valence-corrected chi connectivity index (χ1v) is 6.67. The summed E-state index contributed by atoms with van der Waals surface area (Å²) in [4.78, 5) is 0. The quantitative estimate of drug-likeness (QED) is 0.882. The molecule has 20 heavy (non-hydrogen) atoms. The fraction of sp³-hybridized carbons (Fsp3) is 0.400. The minimum Gasteiger partial charge on any atom is -0.487 e. The molecule has 0 spiro atoms. The number of halogens is 1. The third-order valence-corrected chi connectivity index (χ3v) is 2.87. The second-order valence-corrected chi connectivity index (χ2v) is 5.06. The minimum absolute atomic E-state index is 0.254. The molecule has 0 bridgehead atoms. The Kier molecular flexibility index (Phi) is 4.74. The lowest BCUT2D eigenvalue weighted by atomic mass is 10.2. The summed E-state index contributed by atoms with van der Waals surface area (Å²) in [5, 5.41) is 7.51. The van der Waals surface area contributed by atoms with Gasteiger partial charge in [0.1, 0.15) is 18.2 Å². The SMILES string of the molecule is CC(C)NCc1cc(F)ccc1OCc1ccn(C)n1. The minimum atomic E-state index is -0.254. The highest BCUT2D eigenvalue weighted by atomic mass is 19.1. The van der Waals surface area contributed by atoms with E-state index in [4.69, 9.17) is 4.74 Å². The second-order valence-electron chi connectivity index (χ2n) is 5.06. The molecule has 0 saturated heterocycles. The summed E-state index contributed by atoms with van der Waals surface area (Å²) in [6, 6.07) is 6.81. The number of rotatable bonds is 6. The summed E-state index contributed by atoms with van der Waals surface area (Å²) in [6.45, 7) is 5.05. The number of aryl methyl sites for hydroxylation is 1. The predicted molar refractivity (Wildman–Crippen MR) is 75.9 cm³/mol. The highest BCUT2D eigenvalue weighted by Gasteiger charge is 2.07. The molecule has 0 aliphatic carbocycles. The molecule has 5 heteroatoms. The van der Waals surface area contributed by atoms with Crippen LogP contribution < -0.4 is 10.1 Å². The van der Waals surface area contributed by atoms with Gasteiger partial charge in [-0.3, -0.25) is 4.68 Å². The van der Waals surface area contributed by atoms with Gasteiger partial charge < -0.3 is 10.1 Å². The van der Waals surface area contributed by atoms with Crippen molar-refractivity contribution in [1.82, 2.24) is 15.1 Å². The maximum atomic E-state index is 13.3. The lowest BCUT2D eigenvalue weighted by Crippen LogP contribution is -2.22. The van der Waals surface area contributed by atoms with Crippen LogP contribution in [0, 0.1) is 5.82 Å². The summed E-state index contributed by atoms with van der Waals surface area (Å²) in [5.41, 5.74) is 1.66. The van der Waals surface area contributed by atoms with Gasteiger partial charge in [0.05, 0.1) is 5.69 Å². The Morgan fingerprint density at radius 2 is 2.15 bits per heavy atom. The zero-order chi connectivity index (χ0) is 14.5. The first kappa shape index (κ1) is 14.5. The van der Waals surface area contributed by atoms with Crippen molar-refractivity contribution >= 4 is 0 Å². The Hall–Kier alpha value is -1.88. The van der Waals surface area contributed by atoms with E-state index in [1.807, 2.05) is 33.2 Å². The van der Waals surface area contributed by atoms with Crippen molar-refractivity contribution < 1.29 is 9.13 Å². The van der Waals surface area contributed by atoms with Gasteiger partial charge in [0.25, 0.3) is 0 Å². The maximum Gasteiger partial charge on any atom is 0.132 e. The van der Waals surface area contributed by atoms with E-state index >= 15 is 0 Å². The molecular weight excluding hydrogens is 257 g/mol. The molecule has 108 valence electrons. The first-order chi connectivity index (χ1) is 9.54. The van der Waals surface area contributed by atoms with E-state index in [1.54, 1.807) is 10.7 Å². The molecule has 2 rings (SSSR count).